The van der Waals surface area contributed by atoms with E-state index in [2.05, 4.69) is 5.16 Å². The van der Waals surface area contributed by atoms with Crippen LogP contribution in [0.2, 0.25) is 0 Å². The number of ether oxygens (including phenoxy) is 1. The molecule has 2 heterocycles. The lowest BCUT2D eigenvalue weighted by molar-refractivity contribution is 0.0780. The summed E-state index contributed by atoms with van der Waals surface area (Å²) in [5.74, 6) is 1.34. The molecule has 5 nitrogen and oxygen atoms in total. The fraction of sp³-hybridized carbons (Fsp3) is 0.412. The van der Waals surface area contributed by atoms with E-state index in [0.29, 0.717) is 11.5 Å². The summed E-state index contributed by atoms with van der Waals surface area (Å²) in [5, 5.41) is 3.94. The van der Waals surface area contributed by atoms with Crippen LogP contribution in [0.15, 0.2) is 28.8 Å². The van der Waals surface area contributed by atoms with E-state index in [1.807, 2.05) is 43.0 Å². The molecule has 0 saturated carbocycles. The van der Waals surface area contributed by atoms with Crippen molar-refractivity contribution in [1.82, 2.24) is 10.1 Å². The highest BCUT2D eigenvalue weighted by molar-refractivity contribution is 5.94. The van der Waals surface area contributed by atoms with Crippen LogP contribution in [0.1, 0.15) is 40.2 Å². The van der Waals surface area contributed by atoms with Gasteiger partial charge in [-0.15, -0.1) is 0 Å². The number of hydrogen-bond acceptors (Lipinski definition) is 4. The molecule has 1 amide bonds. The second-order valence-corrected chi connectivity index (χ2v) is 5.67. The molecule has 1 aromatic carbocycles. The molecule has 1 aliphatic rings. The Kier molecular flexibility index (Phi) is 4.13. The molecule has 0 radical (unpaired) electrons. The predicted octanol–water partition coefficient (Wildman–Crippen LogP) is 3.11. The minimum Gasteiger partial charge on any atom is -0.489 e. The zero-order valence-corrected chi connectivity index (χ0v) is 13.0. The van der Waals surface area contributed by atoms with Gasteiger partial charge in [0.2, 0.25) is 0 Å². The third-order valence-corrected chi connectivity index (χ3v) is 3.98. The summed E-state index contributed by atoms with van der Waals surface area (Å²) in [5.41, 5.74) is 2.29. The van der Waals surface area contributed by atoms with Crippen molar-refractivity contribution in [2.75, 3.05) is 13.1 Å². The van der Waals surface area contributed by atoms with Gasteiger partial charge in [0.05, 0.1) is 5.56 Å². The van der Waals surface area contributed by atoms with Gasteiger partial charge in [0, 0.05) is 13.1 Å². The Hall–Kier alpha value is -2.30. The zero-order chi connectivity index (χ0) is 15.5. The van der Waals surface area contributed by atoms with Gasteiger partial charge in [0.15, 0.2) is 5.69 Å². The first-order valence-corrected chi connectivity index (χ1v) is 7.59. The van der Waals surface area contributed by atoms with Gasteiger partial charge in [0.25, 0.3) is 5.91 Å². The Morgan fingerprint density at radius 1 is 1.23 bits per heavy atom. The first kappa shape index (κ1) is 14.6. The van der Waals surface area contributed by atoms with Crippen molar-refractivity contribution < 1.29 is 14.1 Å². The number of aromatic nitrogens is 1. The largest absolute Gasteiger partial charge is 0.489 e. The minimum absolute atomic E-state index is 0.0585. The SMILES string of the molecule is Cc1ccc(OCc2c(C(=O)N3CCCC3)noc2C)cc1. The number of hydrogen-bond donors (Lipinski definition) is 0. The average molecular weight is 300 g/mol. The van der Waals surface area contributed by atoms with E-state index in [9.17, 15) is 4.79 Å². The van der Waals surface area contributed by atoms with Crippen LogP contribution < -0.4 is 4.74 Å². The van der Waals surface area contributed by atoms with Crippen LogP contribution in [-0.4, -0.2) is 29.1 Å². The number of carbonyl (C=O) groups excluding carboxylic acids is 1. The Morgan fingerprint density at radius 2 is 1.91 bits per heavy atom. The fourth-order valence-electron chi connectivity index (χ4n) is 2.59. The Balaban J connectivity index is 1.74. The molecule has 1 aliphatic heterocycles. The summed E-state index contributed by atoms with van der Waals surface area (Å²) in [6, 6.07) is 7.82. The molecule has 5 heteroatoms. The van der Waals surface area contributed by atoms with E-state index in [0.717, 1.165) is 37.2 Å². The third kappa shape index (κ3) is 2.98. The number of benzene rings is 1. The van der Waals surface area contributed by atoms with Crippen molar-refractivity contribution in [3.05, 3.63) is 46.8 Å². The molecule has 116 valence electrons. The van der Waals surface area contributed by atoms with Crippen molar-refractivity contribution in [2.24, 2.45) is 0 Å². The van der Waals surface area contributed by atoms with E-state index in [1.165, 1.54) is 5.56 Å². The monoisotopic (exact) mass is 300 g/mol. The summed E-state index contributed by atoms with van der Waals surface area (Å²) < 4.78 is 11.0. The molecular weight excluding hydrogens is 280 g/mol. The van der Waals surface area contributed by atoms with E-state index < -0.39 is 0 Å². The van der Waals surface area contributed by atoms with Crippen LogP contribution in [0.5, 0.6) is 5.75 Å². The smallest absolute Gasteiger partial charge is 0.276 e. The second kappa shape index (κ2) is 6.22. The number of carbonyl (C=O) groups is 1. The van der Waals surface area contributed by atoms with Crippen LogP contribution >= 0.6 is 0 Å². The van der Waals surface area contributed by atoms with Crippen molar-refractivity contribution in [1.29, 1.82) is 0 Å². The molecular formula is C17H20N2O3. The highest BCUT2D eigenvalue weighted by atomic mass is 16.5. The quantitative estimate of drug-likeness (QED) is 0.870. The van der Waals surface area contributed by atoms with E-state index >= 15 is 0 Å². The molecule has 1 saturated heterocycles. The fourth-order valence-corrected chi connectivity index (χ4v) is 2.59. The van der Waals surface area contributed by atoms with Gasteiger partial charge in [-0.2, -0.15) is 0 Å². The van der Waals surface area contributed by atoms with Gasteiger partial charge in [-0.25, -0.2) is 0 Å². The molecule has 1 aromatic heterocycles. The van der Waals surface area contributed by atoms with Crippen molar-refractivity contribution in [3.63, 3.8) is 0 Å². The molecule has 0 bridgehead atoms. The summed E-state index contributed by atoms with van der Waals surface area (Å²) in [6.45, 7) is 5.71. The van der Waals surface area contributed by atoms with E-state index in [1.54, 1.807) is 0 Å². The van der Waals surface area contributed by atoms with Crippen molar-refractivity contribution >= 4 is 5.91 Å². The molecule has 0 atom stereocenters. The Bertz CT molecular complexity index is 655. The number of amides is 1. The topological polar surface area (TPSA) is 55.6 Å². The Labute approximate surface area is 129 Å². The van der Waals surface area contributed by atoms with Gasteiger partial charge in [0.1, 0.15) is 18.1 Å². The lowest BCUT2D eigenvalue weighted by Gasteiger charge is -2.14. The molecule has 0 aliphatic carbocycles. The summed E-state index contributed by atoms with van der Waals surface area (Å²) in [6.07, 6.45) is 2.11. The standard InChI is InChI=1S/C17H20N2O3/c1-12-5-7-14(8-6-12)21-11-15-13(2)22-18-16(15)17(20)19-9-3-4-10-19/h5-8H,3-4,9-11H2,1-2H3. The summed E-state index contributed by atoms with van der Waals surface area (Å²) >= 11 is 0. The maximum atomic E-state index is 12.5. The third-order valence-electron chi connectivity index (χ3n) is 3.98. The first-order valence-electron chi connectivity index (χ1n) is 7.59. The van der Waals surface area contributed by atoms with Crippen molar-refractivity contribution in [3.8, 4) is 5.75 Å². The van der Waals surface area contributed by atoms with E-state index in [-0.39, 0.29) is 12.5 Å². The molecule has 2 aromatic rings. The lowest BCUT2D eigenvalue weighted by Crippen LogP contribution is -2.28. The van der Waals surface area contributed by atoms with Gasteiger partial charge in [-0.3, -0.25) is 4.79 Å². The lowest BCUT2D eigenvalue weighted by atomic mass is 10.2. The Morgan fingerprint density at radius 3 is 2.59 bits per heavy atom. The molecule has 0 spiro atoms. The molecule has 0 unspecified atom stereocenters. The van der Waals surface area contributed by atoms with Gasteiger partial charge in [-0.1, -0.05) is 22.9 Å². The summed E-state index contributed by atoms with van der Waals surface area (Å²) in [4.78, 5) is 14.3. The maximum absolute atomic E-state index is 12.5. The normalized spacial score (nSPS) is 14.4. The van der Waals surface area contributed by atoms with Crippen LogP contribution in [0, 0.1) is 13.8 Å². The minimum atomic E-state index is -0.0585. The van der Waals surface area contributed by atoms with Crippen molar-refractivity contribution in [2.45, 2.75) is 33.3 Å². The number of rotatable bonds is 4. The predicted molar refractivity (Wildman–Crippen MR) is 81.9 cm³/mol. The van der Waals surface area contributed by atoms with Crippen LogP contribution in [0.3, 0.4) is 0 Å². The zero-order valence-electron chi connectivity index (χ0n) is 13.0. The average Bonchev–Trinajstić information content (AvgIpc) is 3.16. The van der Waals surface area contributed by atoms with Gasteiger partial charge >= 0.3 is 0 Å². The first-order chi connectivity index (χ1) is 10.6. The van der Waals surface area contributed by atoms with Crippen LogP contribution in [0.25, 0.3) is 0 Å². The number of aryl methyl sites for hydroxylation is 2. The number of nitrogens with zero attached hydrogens (tertiary/aromatic N) is 2. The van der Waals surface area contributed by atoms with Gasteiger partial charge < -0.3 is 14.2 Å². The van der Waals surface area contributed by atoms with Crippen LogP contribution in [0.4, 0.5) is 0 Å². The second-order valence-electron chi connectivity index (χ2n) is 5.67. The number of likely N-dealkylation sites (tertiary alicyclic amines) is 1. The summed E-state index contributed by atoms with van der Waals surface area (Å²) in [7, 11) is 0. The maximum Gasteiger partial charge on any atom is 0.276 e. The molecule has 3 rings (SSSR count). The van der Waals surface area contributed by atoms with Crippen LogP contribution in [-0.2, 0) is 6.61 Å². The van der Waals surface area contributed by atoms with Gasteiger partial charge in [-0.05, 0) is 38.8 Å². The highest BCUT2D eigenvalue weighted by Crippen LogP contribution is 2.21. The highest BCUT2D eigenvalue weighted by Gasteiger charge is 2.26. The van der Waals surface area contributed by atoms with E-state index in [4.69, 9.17) is 9.26 Å². The molecule has 22 heavy (non-hydrogen) atoms. The molecule has 0 N–H and O–H groups in total. The molecule has 1 fully saturated rings.